The molecule has 2 aliphatic heterocycles. The van der Waals surface area contributed by atoms with Crippen molar-refractivity contribution in [3.05, 3.63) is 0 Å². The van der Waals surface area contributed by atoms with E-state index in [9.17, 15) is 4.79 Å². The Labute approximate surface area is 123 Å². The van der Waals surface area contributed by atoms with E-state index in [4.69, 9.17) is 4.74 Å². The van der Waals surface area contributed by atoms with Gasteiger partial charge < -0.3 is 9.64 Å². The topological polar surface area (TPSA) is 41.6 Å². The molecule has 0 radical (unpaired) electrons. The maximum atomic E-state index is 12.6. The van der Waals surface area contributed by atoms with Gasteiger partial charge in [0.05, 0.1) is 17.8 Å². The Kier molecular flexibility index (Phi) is 5.44. The zero-order valence-electron chi connectivity index (χ0n) is 13.3. The van der Waals surface area contributed by atoms with Gasteiger partial charge in [0, 0.05) is 13.2 Å². The minimum atomic E-state index is -0.368. The van der Waals surface area contributed by atoms with Crippen molar-refractivity contribution >= 4 is 5.91 Å². The van der Waals surface area contributed by atoms with Crippen molar-refractivity contribution in [1.29, 1.82) is 0 Å². The van der Waals surface area contributed by atoms with Gasteiger partial charge in [-0.05, 0) is 45.4 Å². The SMILES string of the molecule is CCCC1NC(C)(CC)C(=O)N1CCC1CCCCO1. The summed E-state index contributed by atoms with van der Waals surface area (Å²) in [7, 11) is 0. The highest BCUT2D eigenvalue weighted by Crippen LogP contribution is 2.27. The van der Waals surface area contributed by atoms with Crippen LogP contribution in [0.25, 0.3) is 0 Å². The van der Waals surface area contributed by atoms with Crippen molar-refractivity contribution in [3.8, 4) is 0 Å². The molecule has 0 aromatic rings. The van der Waals surface area contributed by atoms with Crippen LogP contribution in [0, 0.1) is 0 Å². The number of carbonyl (C=O) groups excluding carboxylic acids is 1. The fourth-order valence-corrected chi connectivity index (χ4v) is 3.30. The van der Waals surface area contributed by atoms with Gasteiger partial charge in [0.15, 0.2) is 0 Å². The van der Waals surface area contributed by atoms with Gasteiger partial charge >= 0.3 is 0 Å². The van der Waals surface area contributed by atoms with Gasteiger partial charge in [-0.2, -0.15) is 0 Å². The van der Waals surface area contributed by atoms with Crippen LogP contribution >= 0.6 is 0 Å². The molecule has 1 N–H and O–H groups in total. The van der Waals surface area contributed by atoms with E-state index in [0.717, 1.165) is 45.3 Å². The van der Waals surface area contributed by atoms with E-state index >= 15 is 0 Å². The number of hydrogen-bond acceptors (Lipinski definition) is 3. The quantitative estimate of drug-likeness (QED) is 0.814. The van der Waals surface area contributed by atoms with Gasteiger partial charge in [-0.1, -0.05) is 20.3 Å². The largest absolute Gasteiger partial charge is 0.378 e. The molecule has 2 heterocycles. The van der Waals surface area contributed by atoms with Crippen LogP contribution in [-0.4, -0.2) is 41.8 Å². The second-order valence-corrected chi connectivity index (χ2v) is 6.41. The lowest BCUT2D eigenvalue weighted by molar-refractivity contribution is -0.133. The van der Waals surface area contributed by atoms with Crippen LogP contribution < -0.4 is 5.32 Å². The zero-order valence-corrected chi connectivity index (χ0v) is 13.3. The number of ether oxygens (including phenoxy) is 1. The number of carbonyl (C=O) groups is 1. The Bertz CT molecular complexity index is 328. The Balaban J connectivity index is 1.93. The molecule has 116 valence electrons. The summed E-state index contributed by atoms with van der Waals surface area (Å²) in [5.41, 5.74) is -0.368. The summed E-state index contributed by atoms with van der Waals surface area (Å²) in [5, 5.41) is 3.54. The second-order valence-electron chi connectivity index (χ2n) is 6.41. The minimum Gasteiger partial charge on any atom is -0.378 e. The first-order valence-corrected chi connectivity index (χ1v) is 8.31. The van der Waals surface area contributed by atoms with Gasteiger partial charge in [0.1, 0.15) is 0 Å². The van der Waals surface area contributed by atoms with Crippen LogP contribution in [0.4, 0.5) is 0 Å². The van der Waals surface area contributed by atoms with Crippen molar-refractivity contribution in [1.82, 2.24) is 10.2 Å². The van der Waals surface area contributed by atoms with Crippen LogP contribution in [0.2, 0.25) is 0 Å². The van der Waals surface area contributed by atoms with E-state index in [1.165, 1.54) is 12.8 Å². The fourth-order valence-electron chi connectivity index (χ4n) is 3.30. The predicted octanol–water partition coefficient (Wildman–Crippen LogP) is 2.67. The van der Waals surface area contributed by atoms with E-state index in [1.807, 2.05) is 6.92 Å². The Hall–Kier alpha value is -0.610. The first-order chi connectivity index (χ1) is 9.60. The average molecular weight is 282 g/mol. The van der Waals surface area contributed by atoms with Crippen LogP contribution in [0.5, 0.6) is 0 Å². The number of nitrogens with zero attached hydrogens (tertiary/aromatic N) is 1. The lowest BCUT2D eigenvalue weighted by atomic mass is 9.99. The van der Waals surface area contributed by atoms with E-state index in [0.29, 0.717) is 6.10 Å². The zero-order chi connectivity index (χ0) is 14.6. The van der Waals surface area contributed by atoms with E-state index < -0.39 is 0 Å². The minimum absolute atomic E-state index is 0.209. The summed E-state index contributed by atoms with van der Waals surface area (Å²) in [4.78, 5) is 14.7. The molecule has 0 aromatic heterocycles. The van der Waals surface area contributed by atoms with Gasteiger partial charge in [-0.15, -0.1) is 0 Å². The Morgan fingerprint density at radius 1 is 1.35 bits per heavy atom. The van der Waals surface area contributed by atoms with Crippen LogP contribution in [-0.2, 0) is 9.53 Å². The van der Waals surface area contributed by atoms with Crippen molar-refractivity contribution < 1.29 is 9.53 Å². The lowest BCUT2D eigenvalue weighted by Crippen LogP contribution is -2.43. The summed E-state index contributed by atoms with van der Waals surface area (Å²) in [6.45, 7) is 8.02. The first kappa shape index (κ1) is 15.8. The summed E-state index contributed by atoms with van der Waals surface area (Å²) >= 11 is 0. The van der Waals surface area contributed by atoms with Crippen LogP contribution in [0.3, 0.4) is 0 Å². The first-order valence-electron chi connectivity index (χ1n) is 8.31. The lowest BCUT2D eigenvalue weighted by Gasteiger charge is -2.28. The smallest absolute Gasteiger partial charge is 0.243 e. The Morgan fingerprint density at radius 2 is 2.15 bits per heavy atom. The second kappa shape index (κ2) is 6.90. The molecule has 0 saturated carbocycles. The van der Waals surface area contributed by atoms with Crippen molar-refractivity contribution in [2.24, 2.45) is 0 Å². The standard InChI is InChI=1S/C16H30N2O2/c1-4-8-14-17-16(3,5-2)15(19)18(14)11-10-13-9-6-7-12-20-13/h13-14,17H,4-12H2,1-3H3. The van der Waals surface area contributed by atoms with Gasteiger partial charge in [-0.25, -0.2) is 0 Å². The summed E-state index contributed by atoms with van der Waals surface area (Å²) < 4.78 is 5.79. The van der Waals surface area contributed by atoms with E-state index in [2.05, 4.69) is 24.1 Å². The Morgan fingerprint density at radius 3 is 2.75 bits per heavy atom. The van der Waals surface area contributed by atoms with Crippen molar-refractivity contribution in [3.63, 3.8) is 0 Å². The number of nitrogens with one attached hydrogen (secondary N) is 1. The molecular weight excluding hydrogens is 252 g/mol. The average Bonchev–Trinajstić information content (AvgIpc) is 2.71. The predicted molar refractivity (Wildman–Crippen MR) is 80.4 cm³/mol. The summed E-state index contributed by atoms with van der Waals surface area (Å²) in [5.74, 6) is 0.272. The molecular formula is C16H30N2O2. The third-order valence-electron chi connectivity index (χ3n) is 4.83. The van der Waals surface area contributed by atoms with E-state index in [-0.39, 0.29) is 17.6 Å². The molecule has 3 atom stereocenters. The van der Waals surface area contributed by atoms with Crippen molar-refractivity contribution in [2.75, 3.05) is 13.2 Å². The number of hydrogen-bond donors (Lipinski definition) is 1. The van der Waals surface area contributed by atoms with Gasteiger partial charge in [0.2, 0.25) is 5.91 Å². The van der Waals surface area contributed by atoms with Crippen molar-refractivity contribution in [2.45, 2.75) is 83.5 Å². The fraction of sp³-hybridized carbons (Fsp3) is 0.938. The highest BCUT2D eigenvalue weighted by molar-refractivity contribution is 5.88. The molecule has 2 fully saturated rings. The molecule has 1 amide bonds. The molecule has 2 rings (SSSR count). The molecule has 0 aliphatic carbocycles. The van der Waals surface area contributed by atoms with Crippen LogP contribution in [0.1, 0.15) is 65.7 Å². The molecule has 0 bridgehead atoms. The molecule has 4 nitrogen and oxygen atoms in total. The maximum Gasteiger partial charge on any atom is 0.243 e. The highest BCUT2D eigenvalue weighted by Gasteiger charge is 2.45. The third-order valence-corrected chi connectivity index (χ3v) is 4.83. The molecule has 2 saturated heterocycles. The summed E-state index contributed by atoms with van der Waals surface area (Å²) in [6.07, 6.45) is 8.13. The van der Waals surface area contributed by atoms with Gasteiger partial charge in [0.25, 0.3) is 0 Å². The monoisotopic (exact) mass is 282 g/mol. The van der Waals surface area contributed by atoms with Crippen LogP contribution in [0.15, 0.2) is 0 Å². The molecule has 3 unspecified atom stereocenters. The molecule has 4 heteroatoms. The number of rotatable bonds is 6. The summed E-state index contributed by atoms with van der Waals surface area (Å²) in [6, 6.07) is 0. The van der Waals surface area contributed by atoms with E-state index in [1.54, 1.807) is 0 Å². The maximum absolute atomic E-state index is 12.6. The molecule has 20 heavy (non-hydrogen) atoms. The normalized spacial score (nSPS) is 34.8. The third kappa shape index (κ3) is 3.34. The highest BCUT2D eigenvalue weighted by atomic mass is 16.5. The molecule has 0 spiro atoms. The van der Waals surface area contributed by atoms with Gasteiger partial charge in [-0.3, -0.25) is 10.1 Å². The molecule has 0 aromatic carbocycles. The molecule has 2 aliphatic rings. The number of amides is 1.